The number of nitrogens with zero attached hydrogens (tertiary/aromatic N) is 3. The molecule has 0 saturated heterocycles. The number of nitrogens with one attached hydrogen (secondary N) is 2. The number of rotatable bonds is 15. The molecule has 2 N–H and O–H groups in total. The highest BCUT2D eigenvalue weighted by atomic mass is 32.1. The van der Waals surface area contributed by atoms with Gasteiger partial charge in [-0.25, -0.2) is 9.97 Å². The summed E-state index contributed by atoms with van der Waals surface area (Å²) in [6.07, 6.45) is 2.46. The molecule has 0 unspecified atom stereocenters. The van der Waals surface area contributed by atoms with Gasteiger partial charge in [0.15, 0.2) is 5.13 Å². The molecule has 0 saturated carbocycles. The van der Waals surface area contributed by atoms with Crippen molar-refractivity contribution in [2.75, 3.05) is 11.9 Å². The van der Waals surface area contributed by atoms with Gasteiger partial charge in [-0.3, -0.25) is 9.36 Å². The summed E-state index contributed by atoms with van der Waals surface area (Å²) in [4.78, 5) is 22.5. The number of amides is 1. The van der Waals surface area contributed by atoms with Crippen LogP contribution in [0.4, 0.5) is 9.52 Å². The van der Waals surface area contributed by atoms with Crippen LogP contribution in [0.25, 0.3) is 0 Å². The Morgan fingerprint density at radius 1 is 0.579 bits per heavy atom. The first kappa shape index (κ1) is 37.3. The summed E-state index contributed by atoms with van der Waals surface area (Å²) in [5, 5.41) is 9.48. The molecule has 1 amide bonds. The van der Waals surface area contributed by atoms with E-state index in [1.54, 1.807) is 4.57 Å². The Bertz CT molecular complexity index is 2300. The smallest absolute Gasteiger partial charge is 0.290 e. The third kappa shape index (κ3) is 7.64. The number of anilines is 1. The average Bonchev–Trinajstić information content (AvgIpc) is 3.88. The van der Waals surface area contributed by atoms with E-state index in [0.717, 1.165) is 33.4 Å². The zero-order valence-electron chi connectivity index (χ0n) is 31.3. The van der Waals surface area contributed by atoms with Gasteiger partial charge in [-0.2, -0.15) is 4.39 Å². The highest BCUT2D eigenvalue weighted by Gasteiger charge is 2.41. The highest BCUT2D eigenvalue weighted by Crippen LogP contribution is 2.42. The lowest BCUT2D eigenvalue weighted by Gasteiger charge is -2.37. The molecule has 0 aliphatic heterocycles. The molecule has 8 rings (SSSR count). The fourth-order valence-corrected chi connectivity index (χ4v) is 8.59. The summed E-state index contributed by atoms with van der Waals surface area (Å²) in [6, 6.07) is 61.0. The molecule has 0 fully saturated rings. The Morgan fingerprint density at radius 3 is 1.44 bits per heavy atom. The molecule has 8 heteroatoms. The Labute approximate surface area is 336 Å². The Hall–Kier alpha value is -6.64. The van der Waals surface area contributed by atoms with E-state index in [0.29, 0.717) is 35.9 Å². The number of aromatic nitrogens is 3. The number of hydrogen-bond acceptors (Lipinski definition) is 5. The molecule has 0 atom stereocenters. The van der Waals surface area contributed by atoms with E-state index in [2.05, 4.69) is 52.0 Å². The van der Waals surface area contributed by atoms with Crippen molar-refractivity contribution in [2.45, 2.75) is 30.3 Å². The molecule has 0 aliphatic rings. The van der Waals surface area contributed by atoms with E-state index in [9.17, 15) is 4.79 Å². The summed E-state index contributed by atoms with van der Waals surface area (Å²) in [7, 11) is 0. The van der Waals surface area contributed by atoms with Gasteiger partial charge in [-0.05, 0) is 46.2 Å². The predicted molar refractivity (Wildman–Crippen MR) is 227 cm³/mol. The van der Waals surface area contributed by atoms with Crippen molar-refractivity contribution in [2.24, 2.45) is 0 Å². The molecule has 2 aromatic heterocycles. The van der Waals surface area contributed by atoms with Crippen LogP contribution >= 0.6 is 11.3 Å². The molecule has 6 aromatic carbocycles. The van der Waals surface area contributed by atoms with E-state index < -0.39 is 17.2 Å². The van der Waals surface area contributed by atoms with Gasteiger partial charge in [0.1, 0.15) is 11.1 Å². The third-order valence-electron chi connectivity index (χ3n) is 10.4. The maximum atomic E-state index is 16.2. The molecule has 2 heterocycles. The van der Waals surface area contributed by atoms with Crippen LogP contribution in [0, 0.1) is 6.08 Å². The van der Waals surface area contributed by atoms with Crippen LogP contribution in [0.15, 0.2) is 194 Å². The van der Waals surface area contributed by atoms with Crippen molar-refractivity contribution in [3.05, 3.63) is 244 Å². The van der Waals surface area contributed by atoms with Crippen LogP contribution < -0.4 is 10.6 Å². The molecular formula is C49H42FN5OS. The number of imidazole rings is 1. The molecule has 0 aliphatic carbocycles. The first-order chi connectivity index (χ1) is 28.1. The van der Waals surface area contributed by atoms with Gasteiger partial charge in [-0.1, -0.05) is 182 Å². The van der Waals surface area contributed by atoms with E-state index >= 15 is 4.39 Å². The van der Waals surface area contributed by atoms with Crippen LogP contribution in [0.2, 0.25) is 0 Å². The monoisotopic (exact) mass is 767 g/mol. The van der Waals surface area contributed by atoms with Crippen molar-refractivity contribution in [3.8, 4) is 0 Å². The zero-order chi connectivity index (χ0) is 38.9. The molecule has 0 spiro atoms. The number of aryl methyl sites for hydroxylation is 1. The second-order valence-electron chi connectivity index (χ2n) is 13.9. The van der Waals surface area contributed by atoms with Crippen molar-refractivity contribution in [1.82, 2.24) is 19.9 Å². The second-order valence-corrected chi connectivity index (χ2v) is 14.8. The van der Waals surface area contributed by atoms with Crippen LogP contribution in [0.3, 0.4) is 0 Å². The lowest BCUT2D eigenvalue weighted by Crippen LogP contribution is -2.38. The summed E-state index contributed by atoms with van der Waals surface area (Å²) < 4.78 is 17.9. The minimum absolute atomic E-state index is 0.125. The Balaban J connectivity index is 0.965. The van der Waals surface area contributed by atoms with Crippen molar-refractivity contribution in [3.63, 3.8) is 0 Å². The van der Waals surface area contributed by atoms with E-state index in [1.165, 1.54) is 11.3 Å². The summed E-state index contributed by atoms with van der Waals surface area (Å²) in [5.41, 5.74) is 5.59. The van der Waals surface area contributed by atoms with Gasteiger partial charge in [0, 0.05) is 18.1 Å². The zero-order valence-corrected chi connectivity index (χ0v) is 32.2. The summed E-state index contributed by atoms with van der Waals surface area (Å²) in [6.45, 7) is 0.420. The van der Waals surface area contributed by atoms with Crippen LogP contribution in [0.5, 0.6) is 0 Å². The number of halogens is 1. The van der Waals surface area contributed by atoms with Crippen molar-refractivity contribution in [1.29, 1.82) is 0 Å². The van der Waals surface area contributed by atoms with E-state index in [-0.39, 0.29) is 12.3 Å². The van der Waals surface area contributed by atoms with Gasteiger partial charge in [0.25, 0.3) is 6.08 Å². The lowest BCUT2D eigenvalue weighted by molar-refractivity contribution is -0.120. The maximum absolute atomic E-state index is 16.2. The highest BCUT2D eigenvalue weighted by molar-refractivity contribution is 7.13. The fraction of sp³-hybridized carbons (Fsp3) is 0.122. The molecule has 6 nitrogen and oxygen atoms in total. The van der Waals surface area contributed by atoms with Gasteiger partial charge in [-0.15, -0.1) is 11.3 Å². The second kappa shape index (κ2) is 17.0. The molecule has 282 valence electrons. The molecule has 8 aromatic rings. The SMILES string of the molecule is O=C(Cc1csc(NC(c2ccccc2)(c2ccccc2)c2ccccc2)n1)NCCCc1cn(C(c2ccccc2)(c2ccccc2)c2ccccc2)c(F)n1. The average molecular weight is 768 g/mol. The summed E-state index contributed by atoms with van der Waals surface area (Å²) in [5.74, 6) is -0.125. The molecule has 0 radical (unpaired) electrons. The van der Waals surface area contributed by atoms with Gasteiger partial charge >= 0.3 is 0 Å². The number of hydrogen-bond donors (Lipinski definition) is 2. The molecule has 0 bridgehead atoms. The molecule has 57 heavy (non-hydrogen) atoms. The largest absolute Gasteiger partial charge is 0.356 e. The van der Waals surface area contributed by atoms with E-state index in [1.807, 2.05) is 157 Å². The fourth-order valence-electron chi connectivity index (χ4n) is 7.83. The Morgan fingerprint density at radius 2 is 1.00 bits per heavy atom. The minimum atomic E-state index is -0.989. The minimum Gasteiger partial charge on any atom is -0.356 e. The topological polar surface area (TPSA) is 71.8 Å². The van der Waals surface area contributed by atoms with Gasteiger partial charge in [0.2, 0.25) is 5.91 Å². The molecular weight excluding hydrogens is 726 g/mol. The first-order valence-electron chi connectivity index (χ1n) is 19.1. The van der Waals surface area contributed by atoms with Gasteiger partial charge < -0.3 is 10.6 Å². The van der Waals surface area contributed by atoms with Crippen LogP contribution in [0.1, 0.15) is 51.2 Å². The van der Waals surface area contributed by atoms with Crippen molar-refractivity contribution < 1.29 is 9.18 Å². The number of thiazole rings is 1. The van der Waals surface area contributed by atoms with Gasteiger partial charge in [0.05, 0.1) is 17.8 Å². The van der Waals surface area contributed by atoms with Crippen LogP contribution in [-0.4, -0.2) is 27.0 Å². The van der Waals surface area contributed by atoms with Crippen molar-refractivity contribution >= 4 is 22.4 Å². The number of carbonyl (C=O) groups is 1. The standard InChI is InChI=1S/C49H42FN5OS/c50-46-52-43(35-55(46)49(40-26-13-4-14-27-40,41-28-15-5-16-29-41)42-30-17-6-18-31-42)32-19-33-51-45(56)34-44-36-57-47(53-44)54-48(37-20-7-1-8-21-37,38-22-9-2-10-23-38)39-24-11-3-12-25-39/h1-18,20-31,35-36H,19,32-34H2,(H,51,56)(H,53,54). The lowest BCUT2D eigenvalue weighted by atomic mass is 9.76. The van der Waals surface area contributed by atoms with E-state index in [4.69, 9.17) is 4.98 Å². The van der Waals surface area contributed by atoms with Crippen LogP contribution in [-0.2, 0) is 28.7 Å². The number of benzene rings is 6. The summed E-state index contributed by atoms with van der Waals surface area (Å²) >= 11 is 1.48. The first-order valence-corrected chi connectivity index (χ1v) is 20.0. The number of carbonyl (C=O) groups excluding carboxylic acids is 1. The quantitative estimate of drug-likeness (QED) is 0.0805. The predicted octanol–water partition coefficient (Wildman–Crippen LogP) is 10.0. The maximum Gasteiger partial charge on any atom is 0.290 e. The Kier molecular flexibility index (Phi) is 11.1. The normalized spacial score (nSPS) is 11.6. The third-order valence-corrected chi connectivity index (χ3v) is 11.2.